The number of allylic oxidation sites excluding steroid dienone is 6. The van der Waals surface area contributed by atoms with Gasteiger partial charge in [-0.1, -0.05) is 47.6 Å². The van der Waals surface area contributed by atoms with Gasteiger partial charge in [-0.05, 0) is 41.7 Å². The molecule has 9 nitrogen and oxygen atoms in total. The number of morpholine rings is 2. The van der Waals surface area contributed by atoms with E-state index in [-0.39, 0.29) is 0 Å². The summed E-state index contributed by atoms with van der Waals surface area (Å²) >= 11 is 14.4. The molecule has 2 aliphatic carbocycles. The van der Waals surface area contributed by atoms with Gasteiger partial charge in [0.25, 0.3) is 5.91 Å². The van der Waals surface area contributed by atoms with Crippen molar-refractivity contribution in [1.82, 2.24) is 18.7 Å². The van der Waals surface area contributed by atoms with Crippen molar-refractivity contribution in [1.29, 1.82) is 0 Å². The minimum absolute atomic E-state index is 0.667. The molecule has 6 rings (SSSR count). The second kappa shape index (κ2) is 11.5. The van der Waals surface area contributed by atoms with Crippen LogP contribution in [-0.4, -0.2) is 97.5 Å². The first-order chi connectivity index (χ1) is 18.0. The first-order valence-electron chi connectivity index (χ1n) is 13.2. The van der Waals surface area contributed by atoms with Crippen LogP contribution < -0.4 is 0 Å². The number of rotatable bonds is 6. The average molecular weight is 606 g/mol. The molecule has 0 bridgehead atoms. The second-order valence-electron chi connectivity index (χ2n) is 9.97. The lowest BCUT2D eigenvalue weighted by atomic mass is 10.2. The molecule has 37 heavy (non-hydrogen) atoms. The molecule has 0 aromatic rings. The number of nitrogens with zero attached hydrogens (tertiary/aromatic N) is 7. The Balaban J connectivity index is 1.53. The fourth-order valence-corrected chi connectivity index (χ4v) is 21.3. The van der Waals surface area contributed by atoms with Crippen LogP contribution in [0.25, 0.3) is 0 Å². The minimum Gasteiger partial charge on any atom is -0.379 e. The zero-order valence-corrected chi connectivity index (χ0v) is 25.3. The van der Waals surface area contributed by atoms with Crippen LogP contribution >= 0.6 is 43.4 Å². The maximum atomic E-state index is 7.20. The van der Waals surface area contributed by atoms with E-state index < -0.39 is 20.9 Å². The maximum Gasteiger partial charge on any atom is 0.257 e. The van der Waals surface area contributed by atoms with E-state index in [1.165, 1.54) is 11.1 Å². The summed E-state index contributed by atoms with van der Waals surface area (Å²) < 4.78 is 38.0. The number of hydrogen-bond donors (Lipinski definition) is 0. The van der Waals surface area contributed by atoms with Crippen molar-refractivity contribution in [2.75, 3.05) is 78.8 Å². The smallest absolute Gasteiger partial charge is 0.257 e. The number of hydrogen-bond acceptors (Lipinski definition) is 9. The van der Waals surface area contributed by atoms with Crippen molar-refractivity contribution in [2.45, 2.75) is 19.3 Å². The van der Waals surface area contributed by atoms with Crippen molar-refractivity contribution < 1.29 is 9.47 Å². The molecule has 4 aliphatic heterocycles. The summed E-state index contributed by atoms with van der Waals surface area (Å²) in [6.45, 7) is 9.31. The third-order valence-electron chi connectivity index (χ3n) is 7.49. The standard InChI is InChI=1S/C23H36Cl2N7O2P3/c24-35(25)26-36(29-12-16-33-17-13-29,30-14-18-34-19-15-30)28-37(27-35)31(20-22-6-1-2-7-22)10-5-11-32(37)21-23-8-3-4-9-23/h1-4,6,8H,5,7,9-21H2. The van der Waals surface area contributed by atoms with Gasteiger partial charge < -0.3 is 9.47 Å². The molecule has 14 heteroatoms. The van der Waals surface area contributed by atoms with Gasteiger partial charge in [0.05, 0.1) is 26.4 Å². The summed E-state index contributed by atoms with van der Waals surface area (Å²) in [6.07, 6.45) is 16.3. The Morgan fingerprint density at radius 3 is 1.65 bits per heavy atom. The lowest BCUT2D eigenvalue weighted by molar-refractivity contribution is 0.0568. The molecule has 3 fully saturated rings. The Bertz CT molecular complexity index is 1120. The Kier molecular flexibility index (Phi) is 8.42. The molecule has 0 radical (unpaired) electrons. The molecule has 0 aromatic carbocycles. The summed E-state index contributed by atoms with van der Waals surface area (Å²) in [4.78, 5) is 0. The number of ether oxygens (including phenoxy) is 2. The first kappa shape index (κ1) is 27.2. The van der Waals surface area contributed by atoms with E-state index in [2.05, 4.69) is 55.1 Å². The number of halogens is 2. The monoisotopic (exact) mass is 605 g/mol. The molecule has 0 aromatic heterocycles. The van der Waals surface area contributed by atoms with Gasteiger partial charge in [0.2, 0.25) is 15.0 Å². The zero-order valence-electron chi connectivity index (χ0n) is 21.1. The lowest BCUT2D eigenvalue weighted by Crippen LogP contribution is -2.44. The van der Waals surface area contributed by atoms with E-state index in [0.717, 1.165) is 71.6 Å². The third-order valence-corrected chi connectivity index (χ3v) is 20.0. The van der Waals surface area contributed by atoms with Crippen LogP contribution in [0.1, 0.15) is 19.3 Å². The summed E-state index contributed by atoms with van der Waals surface area (Å²) in [6, 6.07) is 0. The van der Waals surface area contributed by atoms with Crippen LogP contribution in [0.2, 0.25) is 0 Å². The molecular formula is C23H36Cl2N7O2P3. The van der Waals surface area contributed by atoms with E-state index in [0.29, 0.717) is 26.4 Å². The highest BCUT2D eigenvalue weighted by atomic mass is 35.9. The Morgan fingerprint density at radius 1 is 0.676 bits per heavy atom. The molecule has 0 unspecified atom stereocenters. The summed E-state index contributed by atoms with van der Waals surface area (Å²) in [5, 5.41) is 0. The predicted octanol–water partition coefficient (Wildman–Crippen LogP) is 6.76. The average Bonchev–Trinajstić information content (AvgIpc) is 3.61. The van der Waals surface area contributed by atoms with Crippen LogP contribution in [0.4, 0.5) is 0 Å². The van der Waals surface area contributed by atoms with Crippen LogP contribution in [0.15, 0.2) is 61.1 Å². The first-order valence-corrected chi connectivity index (χ1v) is 19.9. The Hall–Kier alpha value is -0.0100. The van der Waals surface area contributed by atoms with E-state index in [1.807, 2.05) is 0 Å². The molecule has 0 atom stereocenters. The minimum atomic E-state index is -3.01. The molecule has 204 valence electrons. The van der Waals surface area contributed by atoms with Gasteiger partial charge in [0.15, 0.2) is 0 Å². The Labute approximate surface area is 230 Å². The fourth-order valence-electron chi connectivity index (χ4n) is 5.70. The molecule has 0 N–H and O–H groups in total. The van der Waals surface area contributed by atoms with E-state index in [4.69, 9.17) is 45.5 Å². The highest BCUT2D eigenvalue weighted by Crippen LogP contribution is 2.85. The molecular weight excluding hydrogens is 570 g/mol. The van der Waals surface area contributed by atoms with Crippen molar-refractivity contribution >= 4 is 43.4 Å². The normalized spacial score (nSPS) is 30.0. The predicted molar refractivity (Wildman–Crippen MR) is 156 cm³/mol. The molecule has 3 saturated heterocycles. The van der Waals surface area contributed by atoms with Crippen molar-refractivity contribution in [2.24, 2.45) is 13.5 Å². The fraction of sp³-hybridized carbons (Fsp3) is 0.652. The second-order valence-corrected chi connectivity index (χ2v) is 20.8. The van der Waals surface area contributed by atoms with Crippen molar-refractivity contribution in [3.05, 3.63) is 47.6 Å². The van der Waals surface area contributed by atoms with Crippen LogP contribution in [0, 0.1) is 0 Å². The maximum absolute atomic E-state index is 7.20. The van der Waals surface area contributed by atoms with Crippen LogP contribution in [0.5, 0.6) is 0 Å². The summed E-state index contributed by atoms with van der Waals surface area (Å²) in [5.74, 6) is -3.01. The Morgan fingerprint density at radius 2 is 1.19 bits per heavy atom. The molecule has 4 heterocycles. The van der Waals surface area contributed by atoms with Crippen molar-refractivity contribution in [3.8, 4) is 0 Å². The van der Waals surface area contributed by atoms with Crippen LogP contribution in [0.3, 0.4) is 0 Å². The van der Waals surface area contributed by atoms with E-state index in [9.17, 15) is 0 Å². The SMILES string of the molecule is ClP1(Cl)=NP(N2CCOCC2)(N2CCOCC2)=NP2(=N1)N(CC1=CC=CC1)CCCN2CC1=CC=CC1. The quantitative estimate of drug-likeness (QED) is 0.312. The van der Waals surface area contributed by atoms with Gasteiger partial charge >= 0.3 is 0 Å². The summed E-state index contributed by atoms with van der Waals surface area (Å²) in [5.41, 5.74) is 2.79. The summed E-state index contributed by atoms with van der Waals surface area (Å²) in [7, 11) is -5.25. The molecule has 6 aliphatic rings. The van der Waals surface area contributed by atoms with Gasteiger partial charge in [-0.3, -0.25) is 0 Å². The lowest BCUT2D eigenvalue weighted by Gasteiger charge is -2.51. The topological polar surface area (TPSA) is 68.5 Å². The molecule has 0 saturated carbocycles. The van der Waals surface area contributed by atoms with E-state index >= 15 is 0 Å². The highest BCUT2D eigenvalue weighted by Gasteiger charge is 2.49. The molecule has 1 spiro atoms. The van der Waals surface area contributed by atoms with Gasteiger partial charge in [-0.15, -0.1) is 0 Å². The van der Waals surface area contributed by atoms with E-state index in [1.54, 1.807) is 0 Å². The van der Waals surface area contributed by atoms with Crippen molar-refractivity contribution in [3.63, 3.8) is 0 Å². The highest BCUT2D eigenvalue weighted by molar-refractivity contribution is 8.13. The van der Waals surface area contributed by atoms with Gasteiger partial charge in [0, 0.05) is 52.4 Å². The zero-order chi connectivity index (χ0) is 25.3. The largest absolute Gasteiger partial charge is 0.379 e. The van der Waals surface area contributed by atoms with Gasteiger partial charge in [0.1, 0.15) is 0 Å². The van der Waals surface area contributed by atoms with Gasteiger partial charge in [-0.2, -0.15) is 13.5 Å². The van der Waals surface area contributed by atoms with Gasteiger partial charge in [-0.25, -0.2) is 18.7 Å². The molecule has 0 amide bonds. The van der Waals surface area contributed by atoms with Crippen LogP contribution in [-0.2, 0) is 9.47 Å². The third kappa shape index (κ3) is 5.62.